The fourth-order valence-electron chi connectivity index (χ4n) is 2.38. The van der Waals surface area contributed by atoms with Crippen LogP contribution in [0.5, 0.6) is 0 Å². The number of aliphatic hydroxyl groups is 1. The van der Waals surface area contributed by atoms with Crippen molar-refractivity contribution < 1.29 is 9.90 Å². The summed E-state index contributed by atoms with van der Waals surface area (Å²) in [6.07, 6.45) is 2.21. The molecule has 1 aromatic heterocycles. The van der Waals surface area contributed by atoms with Crippen molar-refractivity contribution in [2.24, 2.45) is 10.5 Å². The summed E-state index contributed by atoms with van der Waals surface area (Å²) >= 11 is 0. The number of aryl methyl sites for hydroxylation is 2. The third-order valence-corrected chi connectivity index (χ3v) is 3.24. The standard InChI is InChI=1S/C15H20N4O2/c1-9-5-10(2)18-14(17-9)19-16-8-11-12(20)6-15(3,4)7-13(11)21/h5,8,20H,6-7H2,1-4H3,(H,17,18,19). The van der Waals surface area contributed by atoms with Crippen molar-refractivity contribution >= 4 is 17.9 Å². The van der Waals surface area contributed by atoms with Crippen LogP contribution in [0.1, 0.15) is 38.1 Å². The van der Waals surface area contributed by atoms with Gasteiger partial charge in [0.15, 0.2) is 5.78 Å². The molecule has 0 saturated carbocycles. The maximum absolute atomic E-state index is 12.0. The van der Waals surface area contributed by atoms with E-state index in [1.54, 1.807) is 0 Å². The van der Waals surface area contributed by atoms with Gasteiger partial charge in [-0.2, -0.15) is 5.10 Å². The van der Waals surface area contributed by atoms with Gasteiger partial charge in [0.2, 0.25) is 5.95 Å². The molecule has 1 aliphatic rings. The zero-order valence-corrected chi connectivity index (χ0v) is 12.8. The average Bonchev–Trinajstić information content (AvgIpc) is 2.30. The van der Waals surface area contributed by atoms with Gasteiger partial charge in [-0.25, -0.2) is 15.4 Å². The highest BCUT2D eigenvalue weighted by molar-refractivity contribution is 6.14. The number of hydrazone groups is 1. The normalized spacial score (nSPS) is 18.4. The minimum absolute atomic E-state index is 0.0862. The van der Waals surface area contributed by atoms with Crippen molar-refractivity contribution in [2.75, 3.05) is 5.43 Å². The van der Waals surface area contributed by atoms with Crippen LogP contribution in [-0.2, 0) is 4.79 Å². The maximum Gasteiger partial charge on any atom is 0.243 e. The van der Waals surface area contributed by atoms with Crippen molar-refractivity contribution in [3.8, 4) is 0 Å². The van der Waals surface area contributed by atoms with Crippen LogP contribution >= 0.6 is 0 Å². The van der Waals surface area contributed by atoms with Gasteiger partial charge < -0.3 is 5.11 Å². The number of hydrogen-bond donors (Lipinski definition) is 2. The van der Waals surface area contributed by atoms with E-state index in [4.69, 9.17) is 0 Å². The molecule has 0 aromatic carbocycles. The molecule has 0 amide bonds. The minimum Gasteiger partial charge on any atom is -0.511 e. The van der Waals surface area contributed by atoms with E-state index in [1.165, 1.54) is 6.21 Å². The third-order valence-electron chi connectivity index (χ3n) is 3.24. The maximum atomic E-state index is 12.0. The first-order valence-corrected chi connectivity index (χ1v) is 6.83. The van der Waals surface area contributed by atoms with E-state index in [0.717, 1.165) is 11.4 Å². The molecule has 2 N–H and O–H groups in total. The molecule has 1 aliphatic carbocycles. The highest BCUT2D eigenvalue weighted by atomic mass is 16.3. The Labute approximate surface area is 124 Å². The van der Waals surface area contributed by atoms with Gasteiger partial charge in [0.05, 0.1) is 11.8 Å². The van der Waals surface area contributed by atoms with Crippen LogP contribution in [-0.4, -0.2) is 27.1 Å². The number of ketones is 1. The molecule has 6 nitrogen and oxygen atoms in total. The first-order valence-electron chi connectivity index (χ1n) is 6.83. The SMILES string of the molecule is Cc1cc(C)nc(NN=CC2=C(O)CC(C)(C)CC2=O)n1. The number of rotatable bonds is 3. The second kappa shape index (κ2) is 5.63. The van der Waals surface area contributed by atoms with Gasteiger partial charge in [0, 0.05) is 24.2 Å². The Balaban J connectivity index is 2.12. The van der Waals surface area contributed by atoms with Crippen molar-refractivity contribution in [3.63, 3.8) is 0 Å². The summed E-state index contributed by atoms with van der Waals surface area (Å²) < 4.78 is 0. The van der Waals surface area contributed by atoms with Gasteiger partial charge in [-0.15, -0.1) is 0 Å². The largest absolute Gasteiger partial charge is 0.511 e. The molecule has 0 atom stereocenters. The average molecular weight is 288 g/mol. The van der Waals surface area contributed by atoms with Crippen molar-refractivity contribution in [1.29, 1.82) is 0 Å². The van der Waals surface area contributed by atoms with Gasteiger partial charge in [0.1, 0.15) is 5.76 Å². The van der Waals surface area contributed by atoms with Crippen LogP contribution in [0.25, 0.3) is 0 Å². The van der Waals surface area contributed by atoms with Gasteiger partial charge in [-0.05, 0) is 25.3 Å². The van der Waals surface area contributed by atoms with Crippen molar-refractivity contribution in [3.05, 3.63) is 28.8 Å². The molecule has 0 fully saturated rings. The summed E-state index contributed by atoms with van der Waals surface area (Å²) in [6.45, 7) is 7.64. The number of carbonyl (C=O) groups is 1. The van der Waals surface area contributed by atoms with E-state index >= 15 is 0 Å². The molecule has 0 radical (unpaired) electrons. The number of allylic oxidation sites excluding steroid dienone is 2. The molecule has 0 saturated heterocycles. The van der Waals surface area contributed by atoms with E-state index < -0.39 is 0 Å². The number of nitrogens with one attached hydrogen (secondary N) is 1. The third kappa shape index (κ3) is 3.87. The van der Waals surface area contributed by atoms with E-state index in [1.807, 2.05) is 33.8 Å². The molecule has 2 rings (SSSR count). The Hall–Kier alpha value is -2.24. The van der Waals surface area contributed by atoms with Crippen LogP contribution in [0, 0.1) is 19.3 Å². The molecule has 6 heteroatoms. The van der Waals surface area contributed by atoms with E-state index in [9.17, 15) is 9.90 Å². The van der Waals surface area contributed by atoms with E-state index in [-0.39, 0.29) is 22.5 Å². The second-order valence-electron chi connectivity index (χ2n) is 6.15. The molecule has 0 unspecified atom stereocenters. The predicted molar refractivity (Wildman–Crippen MR) is 81.3 cm³/mol. The molecule has 1 heterocycles. The number of carbonyl (C=O) groups excluding carboxylic acids is 1. The lowest BCUT2D eigenvalue weighted by molar-refractivity contribution is -0.117. The molecule has 112 valence electrons. The number of aromatic nitrogens is 2. The molecule has 21 heavy (non-hydrogen) atoms. The van der Waals surface area contributed by atoms with E-state index in [0.29, 0.717) is 18.8 Å². The first-order chi connectivity index (χ1) is 9.77. The number of nitrogens with zero attached hydrogens (tertiary/aromatic N) is 3. The summed E-state index contributed by atoms with van der Waals surface area (Å²) in [7, 11) is 0. The quantitative estimate of drug-likeness (QED) is 0.659. The number of hydrogen-bond acceptors (Lipinski definition) is 6. The smallest absolute Gasteiger partial charge is 0.243 e. The minimum atomic E-state index is -0.206. The van der Waals surface area contributed by atoms with E-state index in [2.05, 4.69) is 20.5 Å². The molecule has 0 aliphatic heterocycles. The molecular weight excluding hydrogens is 268 g/mol. The Kier molecular flexibility index (Phi) is 4.06. The van der Waals surface area contributed by atoms with Crippen molar-refractivity contribution in [1.82, 2.24) is 9.97 Å². The summed E-state index contributed by atoms with van der Waals surface area (Å²) in [5, 5.41) is 13.9. The predicted octanol–water partition coefficient (Wildman–Crippen LogP) is 2.69. The van der Waals surface area contributed by atoms with Gasteiger partial charge in [-0.1, -0.05) is 13.8 Å². The molecular formula is C15H20N4O2. The fourth-order valence-corrected chi connectivity index (χ4v) is 2.38. The molecule has 0 spiro atoms. The van der Waals surface area contributed by atoms with Gasteiger partial charge >= 0.3 is 0 Å². The topological polar surface area (TPSA) is 87.5 Å². The number of Topliss-reactive ketones (excluding diaryl/α,β-unsaturated/α-hetero) is 1. The molecule has 0 bridgehead atoms. The van der Waals surface area contributed by atoms with Crippen LogP contribution in [0.3, 0.4) is 0 Å². The zero-order valence-electron chi connectivity index (χ0n) is 12.8. The number of anilines is 1. The summed E-state index contributed by atoms with van der Waals surface area (Å²) in [5.41, 5.74) is 4.40. The summed E-state index contributed by atoms with van der Waals surface area (Å²) in [5.74, 6) is 0.353. The lowest BCUT2D eigenvalue weighted by Gasteiger charge is -2.28. The Morgan fingerprint density at radius 1 is 1.29 bits per heavy atom. The lowest BCUT2D eigenvalue weighted by Crippen LogP contribution is -2.26. The first kappa shape index (κ1) is 15.2. The van der Waals surface area contributed by atoms with Crippen LogP contribution in [0.15, 0.2) is 22.5 Å². The van der Waals surface area contributed by atoms with Crippen LogP contribution < -0.4 is 5.43 Å². The highest BCUT2D eigenvalue weighted by Gasteiger charge is 2.32. The second-order valence-corrected chi connectivity index (χ2v) is 6.15. The van der Waals surface area contributed by atoms with Crippen LogP contribution in [0.4, 0.5) is 5.95 Å². The highest BCUT2D eigenvalue weighted by Crippen LogP contribution is 2.35. The Morgan fingerprint density at radius 3 is 2.48 bits per heavy atom. The summed E-state index contributed by atoms with van der Waals surface area (Å²) in [4.78, 5) is 20.4. The lowest BCUT2D eigenvalue weighted by atomic mass is 9.77. The number of aliphatic hydroxyl groups excluding tert-OH is 1. The van der Waals surface area contributed by atoms with Crippen LogP contribution in [0.2, 0.25) is 0 Å². The summed E-state index contributed by atoms with van der Waals surface area (Å²) in [6, 6.07) is 1.86. The fraction of sp³-hybridized carbons (Fsp3) is 0.467. The van der Waals surface area contributed by atoms with Gasteiger partial charge in [-0.3, -0.25) is 4.79 Å². The van der Waals surface area contributed by atoms with Gasteiger partial charge in [0.25, 0.3) is 0 Å². The molecule has 1 aromatic rings. The Morgan fingerprint density at radius 2 is 1.90 bits per heavy atom. The van der Waals surface area contributed by atoms with Crippen molar-refractivity contribution in [2.45, 2.75) is 40.5 Å². The Bertz CT molecular complexity index is 612. The monoisotopic (exact) mass is 288 g/mol. The zero-order chi connectivity index (χ0) is 15.6.